The third-order valence-electron chi connectivity index (χ3n) is 5.21. The van der Waals surface area contributed by atoms with Gasteiger partial charge in [0, 0.05) is 4.11 Å². The minimum Gasteiger partial charge on any atom is -0.376 e. The number of fused-ring (bicyclic) bond motifs is 1. The Kier molecular flexibility index (Phi) is 4.22. The van der Waals surface area contributed by atoms with Gasteiger partial charge in [-0.15, -0.1) is 0 Å². The van der Waals surface area contributed by atoms with Gasteiger partial charge in [-0.3, -0.25) is 14.4 Å². The summed E-state index contributed by atoms with van der Waals surface area (Å²) in [5.74, 6) is -7.78. The number of aliphatic hydroxyl groups is 3. The molecule has 0 spiro atoms. The first-order chi connectivity index (χ1) is 15.4. The third kappa shape index (κ3) is 2.53. The second-order valence-corrected chi connectivity index (χ2v) is 7.18. The van der Waals surface area contributed by atoms with Gasteiger partial charge in [-0.25, -0.2) is 13.8 Å². The van der Waals surface area contributed by atoms with Gasteiger partial charge in [0.05, 0.1) is 23.5 Å². The highest BCUT2D eigenvalue weighted by Crippen LogP contribution is 2.48. The molecule has 162 valence electrons. The zero-order valence-electron chi connectivity index (χ0n) is 18.1. The number of ketones is 3. The molecule has 1 aromatic heterocycles. The van der Waals surface area contributed by atoms with Crippen molar-refractivity contribution in [2.24, 2.45) is 0 Å². The zero-order chi connectivity index (χ0) is 24.9. The Labute approximate surface area is 177 Å². The number of rotatable bonds is 4. The Morgan fingerprint density at radius 1 is 1.20 bits per heavy atom. The summed E-state index contributed by atoms with van der Waals surface area (Å²) in [5.41, 5.74) is -11.7. The molecule has 0 amide bonds. The molecule has 4 atom stereocenters. The first-order valence-corrected chi connectivity index (χ1v) is 8.50. The highest BCUT2D eigenvalue weighted by atomic mass is 35.5. The molecule has 9 nitrogen and oxygen atoms in total. The largest absolute Gasteiger partial charge is 0.376 e. The van der Waals surface area contributed by atoms with Crippen LogP contribution in [0.15, 0.2) is 12.4 Å². The van der Waals surface area contributed by atoms with Gasteiger partial charge in [-0.2, -0.15) is 0 Å². The van der Waals surface area contributed by atoms with Crippen molar-refractivity contribution in [1.29, 1.82) is 0 Å². The van der Waals surface area contributed by atoms with Crippen molar-refractivity contribution in [2.75, 3.05) is 6.61 Å². The lowest BCUT2D eigenvalue weighted by molar-refractivity contribution is -0.310. The lowest BCUT2D eigenvalue weighted by Crippen LogP contribution is -2.82. The second kappa shape index (κ2) is 6.86. The molecule has 0 bridgehead atoms. The Morgan fingerprint density at radius 2 is 1.83 bits per heavy atom. The van der Waals surface area contributed by atoms with Crippen LogP contribution < -0.4 is 0 Å². The lowest BCUT2D eigenvalue weighted by atomic mass is 9.63. The summed E-state index contributed by atoms with van der Waals surface area (Å²) in [4.78, 5) is 41.5. The normalized spacial score (nSPS) is 33.0. The van der Waals surface area contributed by atoms with Gasteiger partial charge in [0.1, 0.15) is 5.52 Å². The van der Waals surface area contributed by atoms with Crippen LogP contribution in [0.5, 0.6) is 0 Å². The monoisotopic (exact) mass is 449 g/mol. The SMILES string of the molecule is [2H]CC(=O)[C@@]1(O)[C@@](O)(C(=O)C[2H])COC(n2cnc3c(F)c(F)c(Cl)cc32)[C@@]1(O)C(=O)C[2H]. The fraction of sp³-hybridized carbons (Fsp3) is 0.444. The van der Waals surface area contributed by atoms with Crippen molar-refractivity contribution < 1.29 is 47.3 Å². The van der Waals surface area contributed by atoms with Gasteiger partial charge in [0.25, 0.3) is 0 Å². The number of nitrogens with zero attached hydrogens (tertiary/aromatic N) is 2. The van der Waals surface area contributed by atoms with Crippen molar-refractivity contribution in [3.63, 3.8) is 0 Å². The Balaban J connectivity index is 2.38. The molecule has 1 unspecified atom stereocenters. The number of halogens is 3. The molecule has 1 aliphatic heterocycles. The fourth-order valence-corrected chi connectivity index (χ4v) is 3.71. The van der Waals surface area contributed by atoms with E-state index < -0.39 is 89.9 Å². The van der Waals surface area contributed by atoms with Crippen LogP contribution in [0, 0.1) is 11.6 Å². The van der Waals surface area contributed by atoms with E-state index in [-0.39, 0.29) is 5.52 Å². The summed E-state index contributed by atoms with van der Waals surface area (Å²) in [6, 6.07) is 0.846. The number of benzene rings is 1. The summed E-state index contributed by atoms with van der Waals surface area (Å²) < 4.78 is 56.1. The van der Waals surface area contributed by atoms with Gasteiger partial charge < -0.3 is 24.6 Å². The predicted molar refractivity (Wildman–Crippen MR) is 96.5 cm³/mol. The van der Waals surface area contributed by atoms with Crippen LogP contribution in [0.2, 0.25) is 5.02 Å². The van der Waals surface area contributed by atoms with Crippen molar-refractivity contribution in [3.05, 3.63) is 29.1 Å². The molecule has 2 aromatic rings. The molecule has 1 fully saturated rings. The smallest absolute Gasteiger partial charge is 0.207 e. The Morgan fingerprint density at radius 3 is 2.43 bits per heavy atom. The zero-order valence-corrected chi connectivity index (χ0v) is 15.8. The molecule has 0 aliphatic carbocycles. The van der Waals surface area contributed by atoms with Crippen LogP contribution in [0.3, 0.4) is 0 Å². The van der Waals surface area contributed by atoms with Crippen LogP contribution in [-0.4, -0.2) is 65.6 Å². The van der Waals surface area contributed by atoms with Crippen molar-refractivity contribution in [1.82, 2.24) is 9.55 Å². The van der Waals surface area contributed by atoms with E-state index in [1.807, 2.05) is 0 Å². The molecule has 1 saturated heterocycles. The van der Waals surface area contributed by atoms with Gasteiger partial charge in [0.2, 0.25) is 11.2 Å². The molecule has 3 rings (SSSR count). The number of aromatic nitrogens is 2. The molecular formula is C18H17ClF2N2O7. The van der Waals surface area contributed by atoms with Crippen molar-refractivity contribution in [3.8, 4) is 0 Å². The van der Waals surface area contributed by atoms with Gasteiger partial charge in [0.15, 0.2) is 40.8 Å². The Hall–Kier alpha value is -2.31. The summed E-state index contributed by atoms with van der Waals surface area (Å²) in [6.07, 6.45) is -1.47. The average molecular weight is 450 g/mol. The Bertz CT molecular complexity index is 1170. The van der Waals surface area contributed by atoms with E-state index in [0.29, 0.717) is 4.57 Å². The number of hydrogen-bond acceptors (Lipinski definition) is 8. The van der Waals surface area contributed by atoms with Crippen LogP contribution in [0.4, 0.5) is 8.78 Å². The maximum Gasteiger partial charge on any atom is 0.207 e. The number of Topliss-reactive ketones (excluding diaryl/α,β-unsaturated/α-hetero) is 3. The minimum absolute atomic E-state index is 0.377. The number of ether oxygens (including phenoxy) is 1. The molecule has 2 heterocycles. The van der Waals surface area contributed by atoms with Gasteiger partial charge in [-0.1, -0.05) is 11.6 Å². The highest BCUT2D eigenvalue weighted by Gasteiger charge is 2.75. The van der Waals surface area contributed by atoms with Gasteiger partial charge >= 0.3 is 0 Å². The van der Waals surface area contributed by atoms with E-state index in [1.165, 1.54) is 0 Å². The molecule has 0 saturated carbocycles. The first kappa shape index (κ1) is 18.5. The number of carbonyl (C=O) groups is 3. The highest BCUT2D eigenvalue weighted by molar-refractivity contribution is 6.31. The number of hydrogen-bond donors (Lipinski definition) is 3. The molecule has 1 aromatic carbocycles. The topological polar surface area (TPSA) is 139 Å². The van der Waals surface area contributed by atoms with Crippen LogP contribution in [0.1, 0.15) is 31.0 Å². The van der Waals surface area contributed by atoms with Gasteiger partial charge in [-0.05, 0) is 26.8 Å². The van der Waals surface area contributed by atoms with Crippen molar-refractivity contribution in [2.45, 2.75) is 43.7 Å². The molecule has 12 heteroatoms. The minimum atomic E-state index is -3.75. The van der Waals surface area contributed by atoms with E-state index in [1.54, 1.807) is 0 Å². The molecular weight excluding hydrogens is 430 g/mol. The summed E-state index contributed by atoms with van der Waals surface area (Å²) in [5, 5.41) is 33.0. The van der Waals surface area contributed by atoms with Crippen LogP contribution in [0.25, 0.3) is 11.0 Å². The standard InChI is InChI=1S/C18H17ClF2N2O7/c1-7(24)16(27)5-30-15(17(28,8(2)25)18(16,29)9(3)26)23-6-22-14-11(23)4-10(19)12(20)13(14)21/h4,6,15,27-29H,5H2,1-3H3/t15?,16-,17-,18+/m0/s1/i1D,2D,3D. The number of carbonyl (C=O) groups excluding carboxylic acids is 3. The van der Waals surface area contributed by atoms with Crippen molar-refractivity contribution >= 4 is 40.0 Å². The maximum absolute atomic E-state index is 14.3. The predicted octanol–water partition coefficient (Wildman–Crippen LogP) is 0.457. The van der Waals surface area contributed by atoms with Crippen LogP contribution >= 0.6 is 11.6 Å². The second-order valence-electron chi connectivity index (χ2n) is 6.78. The third-order valence-corrected chi connectivity index (χ3v) is 5.48. The van der Waals surface area contributed by atoms with E-state index >= 15 is 0 Å². The van der Waals surface area contributed by atoms with Crippen LogP contribution in [-0.2, 0) is 19.1 Å². The average Bonchev–Trinajstić information content (AvgIpc) is 3.22. The van der Waals surface area contributed by atoms with E-state index in [0.717, 1.165) is 12.4 Å². The first-order valence-electron chi connectivity index (χ1n) is 10.2. The summed E-state index contributed by atoms with van der Waals surface area (Å²) in [7, 11) is 0. The summed E-state index contributed by atoms with van der Waals surface area (Å²) >= 11 is 5.67. The van der Waals surface area contributed by atoms with E-state index in [9.17, 15) is 38.5 Å². The van der Waals surface area contributed by atoms with E-state index in [4.69, 9.17) is 20.5 Å². The molecule has 30 heavy (non-hydrogen) atoms. The fourth-order valence-electron chi connectivity index (χ4n) is 3.53. The maximum atomic E-state index is 14.3. The summed E-state index contributed by atoms with van der Waals surface area (Å²) in [6.45, 7) is -5.09. The van der Waals surface area contributed by atoms with E-state index in [2.05, 4.69) is 4.98 Å². The lowest BCUT2D eigenvalue weighted by Gasteiger charge is -2.54. The molecule has 0 radical (unpaired) electrons. The molecule has 3 N–H and O–H groups in total. The quantitative estimate of drug-likeness (QED) is 0.572. The number of imidazole rings is 1. The molecule has 1 aliphatic rings.